The van der Waals surface area contributed by atoms with Crippen LogP contribution in [0.5, 0.6) is 11.5 Å². The maximum atomic E-state index is 12.1. The predicted octanol–water partition coefficient (Wildman–Crippen LogP) is 5.02. The molecule has 0 radical (unpaired) electrons. The lowest BCUT2D eigenvalue weighted by Crippen LogP contribution is -2.20. The smallest absolute Gasteiger partial charge is 0.262 e. The Hall–Kier alpha value is -2.53. The number of rotatable bonds is 6. The Bertz CT molecular complexity index is 895. The van der Waals surface area contributed by atoms with E-state index >= 15 is 0 Å². The van der Waals surface area contributed by atoms with Gasteiger partial charge in [0, 0.05) is 11.8 Å². The zero-order valence-corrected chi connectivity index (χ0v) is 15.4. The van der Waals surface area contributed by atoms with Crippen molar-refractivity contribution < 1.29 is 14.3 Å². The maximum absolute atomic E-state index is 12.1. The van der Waals surface area contributed by atoms with Gasteiger partial charge >= 0.3 is 0 Å². The normalized spacial score (nSPS) is 10.5. The third kappa shape index (κ3) is 4.31. The van der Waals surface area contributed by atoms with Crippen LogP contribution in [0.2, 0.25) is 0 Å². The quantitative estimate of drug-likeness (QED) is 0.632. The lowest BCUT2D eigenvalue weighted by molar-refractivity contribution is -0.118. The van der Waals surface area contributed by atoms with Crippen LogP contribution in [-0.2, 0) is 4.79 Å². The summed E-state index contributed by atoms with van der Waals surface area (Å²) in [6.45, 7) is 2.42. The number of carbonyl (C=O) groups excluding carboxylic acids is 1. The van der Waals surface area contributed by atoms with E-state index in [1.807, 2.05) is 61.5 Å². The first-order valence-electron chi connectivity index (χ1n) is 8.00. The fourth-order valence-corrected chi connectivity index (χ4v) is 3.10. The molecule has 0 atom stereocenters. The zero-order valence-electron chi connectivity index (χ0n) is 13.8. The van der Waals surface area contributed by atoms with Crippen molar-refractivity contribution in [3.05, 3.63) is 65.1 Å². The van der Waals surface area contributed by atoms with E-state index in [2.05, 4.69) is 21.2 Å². The van der Waals surface area contributed by atoms with E-state index < -0.39 is 0 Å². The average molecular weight is 400 g/mol. The minimum Gasteiger partial charge on any atom is -0.494 e. The first-order chi connectivity index (χ1) is 12.2. The van der Waals surface area contributed by atoms with E-state index in [1.54, 1.807) is 6.07 Å². The van der Waals surface area contributed by atoms with Gasteiger partial charge in [0.15, 0.2) is 6.61 Å². The highest BCUT2D eigenvalue weighted by molar-refractivity contribution is 9.10. The molecule has 0 spiro atoms. The first-order valence-corrected chi connectivity index (χ1v) is 8.79. The topological polar surface area (TPSA) is 47.6 Å². The summed E-state index contributed by atoms with van der Waals surface area (Å²) in [5.41, 5.74) is 0.678. The van der Waals surface area contributed by atoms with Gasteiger partial charge in [-0.2, -0.15) is 0 Å². The molecule has 3 aromatic rings. The van der Waals surface area contributed by atoms with Gasteiger partial charge in [0.1, 0.15) is 11.5 Å². The lowest BCUT2D eigenvalue weighted by Gasteiger charge is -2.11. The molecule has 1 N–H and O–H groups in total. The van der Waals surface area contributed by atoms with Crippen LogP contribution in [0.1, 0.15) is 6.92 Å². The molecule has 0 heterocycles. The van der Waals surface area contributed by atoms with Crippen molar-refractivity contribution in [2.75, 3.05) is 18.5 Å². The van der Waals surface area contributed by atoms with Crippen molar-refractivity contribution in [2.45, 2.75) is 6.92 Å². The molecule has 0 saturated carbocycles. The molecule has 25 heavy (non-hydrogen) atoms. The van der Waals surface area contributed by atoms with Gasteiger partial charge in [-0.1, -0.05) is 36.4 Å². The van der Waals surface area contributed by atoms with E-state index in [1.165, 1.54) is 0 Å². The summed E-state index contributed by atoms with van der Waals surface area (Å²) < 4.78 is 11.9. The Morgan fingerprint density at radius 3 is 2.72 bits per heavy atom. The summed E-state index contributed by atoms with van der Waals surface area (Å²) in [5, 5.41) is 4.96. The fourth-order valence-electron chi connectivity index (χ4n) is 2.50. The number of halogens is 1. The van der Waals surface area contributed by atoms with Crippen molar-refractivity contribution in [1.29, 1.82) is 0 Å². The molecule has 0 saturated heterocycles. The summed E-state index contributed by atoms with van der Waals surface area (Å²) in [6, 6.07) is 19.1. The van der Waals surface area contributed by atoms with Crippen molar-refractivity contribution in [1.82, 2.24) is 0 Å². The van der Waals surface area contributed by atoms with E-state index in [0.717, 1.165) is 21.0 Å². The predicted molar refractivity (Wildman–Crippen MR) is 103 cm³/mol. The van der Waals surface area contributed by atoms with Gasteiger partial charge in [-0.3, -0.25) is 4.79 Å². The van der Waals surface area contributed by atoms with Crippen molar-refractivity contribution >= 4 is 38.3 Å². The van der Waals surface area contributed by atoms with E-state index in [9.17, 15) is 4.79 Å². The Kier molecular flexibility index (Phi) is 5.56. The monoisotopic (exact) mass is 399 g/mol. The number of hydrogen-bond donors (Lipinski definition) is 1. The van der Waals surface area contributed by atoms with Crippen molar-refractivity contribution in [3.63, 3.8) is 0 Å². The number of benzene rings is 3. The molecule has 0 aliphatic carbocycles. The second kappa shape index (κ2) is 8.03. The highest BCUT2D eigenvalue weighted by atomic mass is 79.9. The lowest BCUT2D eigenvalue weighted by atomic mass is 10.1. The van der Waals surface area contributed by atoms with Gasteiger partial charge in [-0.15, -0.1) is 0 Å². The van der Waals surface area contributed by atoms with Crippen LogP contribution in [0.4, 0.5) is 5.69 Å². The van der Waals surface area contributed by atoms with Crippen LogP contribution in [0.3, 0.4) is 0 Å². The molecule has 0 bridgehead atoms. The van der Waals surface area contributed by atoms with Gasteiger partial charge in [-0.05, 0) is 51.8 Å². The zero-order chi connectivity index (χ0) is 17.6. The highest BCUT2D eigenvalue weighted by Gasteiger charge is 2.09. The molecule has 128 valence electrons. The van der Waals surface area contributed by atoms with E-state index in [-0.39, 0.29) is 12.5 Å². The summed E-state index contributed by atoms with van der Waals surface area (Å²) in [5.74, 6) is 1.13. The highest BCUT2D eigenvalue weighted by Crippen LogP contribution is 2.33. The van der Waals surface area contributed by atoms with E-state index in [0.29, 0.717) is 18.0 Å². The molecular weight excluding hydrogens is 382 g/mol. The number of fused-ring (bicyclic) bond motifs is 1. The van der Waals surface area contributed by atoms with Crippen LogP contribution in [0, 0.1) is 0 Å². The van der Waals surface area contributed by atoms with Crippen molar-refractivity contribution in [2.24, 2.45) is 0 Å². The van der Waals surface area contributed by atoms with Crippen LogP contribution in [0.15, 0.2) is 65.1 Å². The molecule has 5 heteroatoms. The maximum Gasteiger partial charge on any atom is 0.262 e. The molecule has 0 fully saturated rings. The van der Waals surface area contributed by atoms with Crippen molar-refractivity contribution in [3.8, 4) is 11.5 Å². The van der Waals surface area contributed by atoms with Gasteiger partial charge in [0.05, 0.1) is 11.1 Å². The Labute approximate surface area is 154 Å². The minimum atomic E-state index is -0.228. The summed E-state index contributed by atoms with van der Waals surface area (Å²) in [4.78, 5) is 12.1. The number of anilines is 1. The first kappa shape index (κ1) is 17.3. The minimum absolute atomic E-state index is 0.0736. The summed E-state index contributed by atoms with van der Waals surface area (Å²) in [6.07, 6.45) is 0. The second-order valence-corrected chi connectivity index (χ2v) is 6.19. The Balaban J connectivity index is 1.64. The number of hydrogen-bond acceptors (Lipinski definition) is 3. The second-order valence-electron chi connectivity index (χ2n) is 5.40. The largest absolute Gasteiger partial charge is 0.494 e. The molecule has 4 nitrogen and oxygen atoms in total. The molecule has 1 amide bonds. The van der Waals surface area contributed by atoms with Crippen LogP contribution >= 0.6 is 15.9 Å². The molecule has 0 aliphatic rings. The number of ether oxygens (including phenoxy) is 2. The Morgan fingerprint density at radius 1 is 1.04 bits per heavy atom. The van der Waals surface area contributed by atoms with Crippen LogP contribution in [-0.4, -0.2) is 19.1 Å². The summed E-state index contributed by atoms with van der Waals surface area (Å²) in [7, 11) is 0. The third-order valence-electron chi connectivity index (χ3n) is 3.62. The SMILES string of the molecule is CCOc1cccc(NC(=O)COc2ccc3ccccc3c2Br)c1. The molecule has 0 aliphatic heterocycles. The molecule has 0 aromatic heterocycles. The molecule has 0 unspecified atom stereocenters. The van der Waals surface area contributed by atoms with Crippen LogP contribution < -0.4 is 14.8 Å². The molecule has 3 rings (SSSR count). The van der Waals surface area contributed by atoms with Gasteiger partial charge < -0.3 is 14.8 Å². The fraction of sp³-hybridized carbons (Fsp3) is 0.150. The number of nitrogens with one attached hydrogen (secondary N) is 1. The number of carbonyl (C=O) groups is 1. The van der Waals surface area contributed by atoms with Gasteiger partial charge in [-0.25, -0.2) is 0 Å². The van der Waals surface area contributed by atoms with Crippen LogP contribution in [0.25, 0.3) is 10.8 Å². The van der Waals surface area contributed by atoms with Gasteiger partial charge in [0.25, 0.3) is 5.91 Å². The standard InChI is InChI=1S/C20H18BrNO3/c1-2-24-16-8-5-7-15(12-16)22-19(23)13-25-18-11-10-14-6-3-4-9-17(14)20(18)21/h3-12H,2,13H2,1H3,(H,22,23). The Morgan fingerprint density at radius 2 is 1.88 bits per heavy atom. The van der Waals surface area contributed by atoms with Gasteiger partial charge in [0.2, 0.25) is 0 Å². The molecular formula is C20H18BrNO3. The number of amides is 1. The average Bonchev–Trinajstić information content (AvgIpc) is 2.62. The molecule has 3 aromatic carbocycles. The summed E-state index contributed by atoms with van der Waals surface area (Å²) >= 11 is 3.55. The van der Waals surface area contributed by atoms with E-state index in [4.69, 9.17) is 9.47 Å². The third-order valence-corrected chi connectivity index (χ3v) is 4.43.